The Morgan fingerprint density at radius 3 is 2.77 bits per heavy atom. The van der Waals surface area contributed by atoms with Gasteiger partial charge < -0.3 is 16.0 Å². The lowest BCUT2D eigenvalue weighted by Gasteiger charge is -2.27. The number of anilines is 1. The molecule has 0 saturated heterocycles. The average Bonchev–Trinajstić information content (AvgIpc) is 2.89. The summed E-state index contributed by atoms with van der Waals surface area (Å²) in [5.41, 5.74) is 8.59. The van der Waals surface area contributed by atoms with E-state index in [4.69, 9.17) is 5.73 Å². The molecule has 1 aliphatic heterocycles. The second-order valence-electron chi connectivity index (χ2n) is 7.79. The van der Waals surface area contributed by atoms with Crippen molar-refractivity contribution in [3.05, 3.63) is 72.1 Å². The number of aromatic nitrogens is 1. The number of rotatable bonds is 6. The second-order valence-corrected chi connectivity index (χ2v) is 7.79. The Morgan fingerprint density at radius 1 is 1.20 bits per heavy atom. The second kappa shape index (κ2) is 8.63. The van der Waals surface area contributed by atoms with Crippen molar-refractivity contribution in [2.24, 2.45) is 11.7 Å². The lowest BCUT2D eigenvalue weighted by atomic mass is 9.93. The zero-order valence-electron chi connectivity index (χ0n) is 17.0. The predicted molar refractivity (Wildman–Crippen MR) is 118 cm³/mol. The standard InChI is InChI=1S/C24H26N4O2/c1-26-21(23(25)29)12-17-11-10-16-6-3-5-9-22(16)28(24(17)30)15-19-14-27-13-18-7-2-4-8-20(18)19/h2-9,13-14,17,21,26H,10-12,15H2,1H3,(H2,25,29)/t17-,21-/m0/s1. The summed E-state index contributed by atoms with van der Waals surface area (Å²) in [5.74, 6) is -0.698. The molecule has 2 atom stereocenters. The summed E-state index contributed by atoms with van der Waals surface area (Å²) in [6.07, 6.45) is 5.53. The van der Waals surface area contributed by atoms with E-state index >= 15 is 0 Å². The van der Waals surface area contributed by atoms with Gasteiger partial charge in [0, 0.05) is 29.4 Å². The van der Waals surface area contributed by atoms with Gasteiger partial charge in [0.25, 0.3) is 0 Å². The molecule has 0 spiro atoms. The molecular weight excluding hydrogens is 376 g/mol. The number of amides is 2. The maximum atomic E-state index is 13.6. The smallest absolute Gasteiger partial charge is 0.234 e. The number of hydrogen-bond acceptors (Lipinski definition) is 4. The fraction of sp³-hybridized carbons (Fsp3) is 0.292. The van der Waals surface area contributed by atoms with Crippen LogP contribution in [0, 0.1) is 5.92 Å². The van der Waals surface area contributed by atoms with E-state index in [1.165, 1.54) is 0 Å². The summed E-state index contributed by atoms with van der Waals surface area (Å²) in [7, 11) is 1.70. The van der Waals surface area contributed by atoms with Crippen molar-refractivity contribution in [2.45, 2.75) is 31.8 Å². The molecule has 1 aromatic heterocycles. The molecule has 3 N–H and O–H groups in total. The molecule has 154 valence electrons. The summed E-state index contributed by atoms with van der Waals surface area (Å²) < 4.78 is 0. The Morgan fingerprint density at radius 2 is 1.97 bits per heavy atom. The van der Waals surface area contributed by atoms with Gasteiger partial charge >= 0.3 is 0 Å². The first-order valence-corrected chi connectivity index (χ1v) is 10.3. The van der Waals surface area contributed by atoms with Crippen molar-refractivity contribution in [1.82, 2.24) is 10.3 Å². The van der Waals surface area contributed by atoms with E-state index in [0.717, 1.165) is 34.0 Å². The van der Waals surface area contributed by atoms with Crippen molar-refractivity contribution in [2.75, 3.05) is 11.9 Å². The summed E-state index contributed by atoms with van der Waals surface area (Å²) in [6.45, 7) is 0.432. The molecule has 6 heteroatoms. The number of hydrogen-bond donors (Lipinski definition) is 2. The average molecular weight is 402 g/mol. The molecule has 0 radical (unpaired) electrons. The van der Waals surface area contributed by atoms with Crippen molar-refractivity contribution in [1.29, 1.82) is 0 Å². The number of pyridine rings is 1. The summed E-state index contributed by atoms with van der Waals surface area (Å²) >= 11 is 0. The Bertz CT molecular complexity index is 1080. The van der Waals surface area contributed by atoms with Crippen LogP contribution in [-0.2, 0) is 22.6 Å². The SMILES string of the molecule is CN[C@@H](C[C@@H]1CCc2ccccc2N(Cc2cncc3ccccc23)C1=O)C(N)=O. The molecule has 0 bridgehead atoms. The van der Waals surface area contributed by atoms with Gasteiger partial charge in [-0.05, 0) is 48.9 Å². The molecule has 0 saturated carbocycles. The van der Waals surface area contributed by atoms with E-state index in [0.29, 0.717) is 19.4 Å². The molecule has 0 unspecified atom stereocenters. The highest BCUT2D eigenvalue weighted by atomic mass is 16.2. The highest BCUT2D eigenvalue weighted by Crippen LogP contribution is 2.33. The number of nitrogens with zero attached hydrogens (tertiary/aromatic N) is 2. The van der Waals surface area contributed by atoms with Crippen molar-refractivity contribution in [3.8, 4) is 0 Å². The van der Waals surface area contributed by atoms with Crippen LogP contribution < -0.4 is 16.0 Å². The quantitative estimate of drug-likeness (QED) is 0.664. The number of carbonyl (C=O) groups is 2. The summed E-state index contributed by atoms with van der Waals surface area (Å²) in [5, 5.41) is 5.08. The van der Waals surface area contributed by atoms with Crippen LogP contribution in [0.4, 0.5) is 5.69 Å². The summed E-state index contributed by atoms with van der Waals surface area (Å²) in [4.78, 5) is 31.6. The van der Waals surface area contributed by atoms with Gasteiger partial charge in [-0.3, -0.25) is 14.6 Å². The number of fused-ring (bicyclic) bond motifs is 2. The van der Waals surface area contributed by atoms with Crippen LogP contribution in [0.25, 0.3) is 10.8 Å². The predicted octanol–water partition coefficient (Wildman–Crippen LogP) is 2.79. The van der Waals surface area contributed by atoms with Crippen LogP contribution in [0.2, 0.25) is 0 Å². The van der Waals surface area contributed by atoms with E-state index in [9.17, 15) is 9.59 Å². The van der Waals surface area contributed by atoms with Gasteiger partial charge in [0.1, 0.15) is 0 Å². The van der Waals surface area contributed by atoms with Crippen LogP contribution >= 0.6 is 0 Å². The Balaban J connectivity index is 1.72. The number of nitrogens with one attached hydrogen (secondary N) is 1. The van der Waals surface area contributed by atoms with Gasteiger partial charge in [-0.25, -0.2) is 0 Å². The van der Waals surface area contributed by atoms with Crippen LogP contribution in [0.5, 0.6) is 0 Å². The zero-order valence-corrected chi connectivity index (χ0v) is 17.0. The number of nitrogens with two attached hydrogens (primary N) is 1. The number of aryl methyl sites for hydroxylation is 1. The lowest BCUT2D eigenvalue weighted by Crippen LogP contribution is -2.44. The molecule has 0 fully saturated rings. The third-order valence-corrected chi connectivity index (χ3v) is 5.95. The van der Waals surface area contributed by atoms with E-state index in [1.807, 2.05) is 53.7 Å². The molecule has 1 aliphatic rings. The minimum absolute atomic E-state index is 0.0226. The minimum atomic E-state index is -0.527. The van der Waals surface area contributed by atoms with Crippen LogP contribution in [0.1, 0.15) is 24.0 Å². The van der Waals surface area contributed by atoms with Crippen molar-refractivity contribution >= 4 is 28.3 Å². The number of primary amides is 1. The highest BCUT2D eigenvalue weighted by Gasteiger charge is 2.33. The molecule has 0 aliphatic carbocycles. The topological polar surface area (TPSA) is 88.3 Å². The van der Waals surface area contributed by atoms with Gasteiger partial charge in [-0.15, -0.1) is 0 Å². The molecule has 4 rings (SSSR count). The molecule has 2 heterocycles. The highest BCUT2D eigenvalue weighted by molar-refractivity contribution is 5.97. The number of carbonyl (C=O) groups excluding carboxylic acids is 2. The molecule has 2 aromatic carbocycles. The zero-order chi connectivity index (χ0) is 21.1. The molecule has 2 amide bonds. The first-order chi connectivity index (χ1) is 14.6. The van der Waals surface area contributed by atoms with Gasteiger partial charge in [0.15, 0.2) is 0 Å². The molecular formula is C24H26N4O2. The summed E-state index contributed by atoms with van der Waals surface area (Å²) in [6, 6.07) is 15.6. The van der Waals surface area contributed by atoms with Gasteiger partial charge in [0.2, 0.25) is 11.8 Å². The minimum Gasteiger partial charge on any atom is -0.368 e. The van der Waals surface area contributed by atoms with Gasteiger partial charge in [0.05, 0.1) is 12.6 Å². The van der Waals surface area contributed by atoms with Gasteiger partial charge in [-0.2, -0.15) is 0 Å². The maximum absolute atomic E-state index is 13.6. The third-order valence-electron chi connectivity index (χ3n) is 5.95. The Kier molecular flexibility index (Phi) is 5.77. The third kappa shape index (κ3) is 3.91. The van der Waals surface area contributed by atoms with Crippen molar-refractivity contribution in [3.63, 3.8) is 0 Å². The first-order valence-electron chi connectivity index (χ1n) is 10.3. The van der Waals surface area contributed by atoms with E-state index in [2.05, 4.69) is 22.4 Å². The van der Waals surface area contributed by atoms with E-state index in [-0.39, 0.29) is 11.8 Å². The molecule has 6 nitrogen and oxygen atoms in total. The number of para-hydroxylation sites is 1. The van der Waals surface area contributed by atoms with Crippen LogP contribution in [-0.4, -0.2) is 29.9 Å². The van der Waals surface area contributed by atoms with Crippen LogP contribution in [0.3, 0.4) is 0 Å². The fourth-order valence-electron chi connectivity index (χ4n) is 4.30. The van der Waals surface area contributed by atoms with Crippen molar-refractivity contribution < 1.29 is 9.59 Å². The normalized spacial score (nSPS) is 17.4. The van der Waals surface area contributed by atoms with Gasteiger partial charge in [-0.1, -0.05) is 42.5 Å². The Hall–Kier alpha value is -3.25. The Labute approximate surface area is 176 Å². The van der Waals surface area contributed by atoms with E-state index in [1.54, 1.807) is 7.05 Å². The first kappa shape index (κ1) is 20.0. The maximum Gasteiger partial charge on any atom is 0.234 e. The van der Waals surface area contributed by atoms with E-state index < -0.39 is 11.9 Å². The largest absolute Gasteiger partial charge is 0.368 e. The number of likely N-dealkylation sites (N-methyl/N-ethyl adjacent to an activating group) is 1. The monoisotopic (exact) mass is 402 g/mol. The number of benzene rings is 2. The molecule has 30 heavy (non-hydrogen) atoms. The fourth-order valence-corrected chi connectivity index (χ4v) is 4.30. The molecule has 3 aromatic rings. The lowest BCUT2D eigenvalue weighted by molar-refractivity contribution is -0.124. The van der Waals surface area contributed by atoms with Crippen LogP contribution in [0.15, 0.2) is 60.9 Å².